The molecule has 1 atom stereocenters. The van der Waals surface area contributed by atoms with E-state index in [-0.39, 0.29) is 19.1 Å². The summed E-state index contributed by atoms with van der Waals surface area (Å²) in [6, 6.07) is 0. The summed E-state index contributed by atoms with van der Waals surface area (Å²) in [7, 11) is 0. The molecule has 54 valence electrons. The monoisotopic (exact) mass is 133 g/mol. The first kappa shape index (κ1) is 8.39. The Hall–Kier alpha value is -0.610. The summed E-state index contributed by atoms with van der Waals surface area (Å²) in [6.45, 7) is 1.15. The van der Waals surface area contributed by atoms with Gasteiger partial charge in [-0.05, 0) is 0 Å². The first-order chi connectivity index (χ1) is 4.16. The number of amides is 1. The first-order valence-electron chi connectivity index (χ1n) is 2.70. The Labute approximate surface area is 53.5 Å². The van der Waals surface area contributed by atoms with Crippen molar-refractivity contribution in [3.8, 4) is 0 Å². The summed E-state index contributed by atoms with van der Waals surface area (Å²) in [6.07, 6.45) is -0.839. The first-order valence-corrected chi connectivity index (χ1v) is 2.70. The van der Waals surface area contributed by atoms with Crippen molar-refractivity contribution < 1.29 is 15.0 Å². The van der Waals surface area contributed by atoms with Gasteiger partial charge in [0.05, 0.1) is 12.7 Å². The van der Waals surface area contributed by atoms with Crippen molar-refractivity contribution in [3.05, 3.63) is 0 Å². The molecule has 0 saturated carbocycles. The van der Waals surface area contributed by atoms with Crippen LogP contribution in [0.25, 0.3) is 0 Å². The van der Waals surface area contributed by atoms with E-state index in [0.29, 0.717) is 0 Å². The molecule has 0 aliphatic rings. The molecule has 0 spiro atoms. The average Bonchev–Trinajstić information content (AvgIpc) is 1.83. The maximum absolute atomic E-state index is 10.2. The highest BCUT2D eigenvalue weighted by atomic mass is 16.3. The fourth-order valence-electron chi connectivity index (χ4n) is 0.326. The van der Waals surface area contributed by atoms with Gasteiger partial charge in [0.1, 0.15) is 0 Å². The van der Waals surface area contributed by atoms with E-state index in [1.807, 2.05) is 0 Å². The molecule has 0 rings (SSSR count). The van der Waals surface area contributed by atoms with Gasteiger partial charge in [-0.25, -0.2) is 0 Å². The van der Waals surface area contributed by atoms with Crippen molar-refractivity contribution in [2.24, 2.45) is 0 Å². The highest BCUT2D eigenvalue weighted by molar-refractivity contribution is 5.72. The molecule has 0 aliphatic carbocycles. The van der Waals surface area contributed by atoms with E-state index in [4.69, 9.17) is 10.2 Å². The van der Waals surface area contributed by atoms with Crippen LogP contribution in [0.3, 0.4) is 0 Å². The quantitative estimate of drug-likeness (QED) is 0.437. The topological polar surface area (TPSA) is 69.6 Å². The molecule has 0 fully saturated rings. The van der Waals surface area contributed by atoms with Crippen LogP contribution in [0.1, 0.15) is 6.92 Å². The molecule has 3 N–H and O–H groups in total. The Morgan fingerprint density at radius 1 is 1.78 bits per heavy atom. The number of rotatable bonds is 3. The van der Waals surface area contributed by atoms with Crippen molar-refractivity contribution in [1.29, 1.82) is 0 Å². The molecule has 4 nitrogen and oxygen atoms in total. The Morgan fingerprint density at radius 2 is 2.33 bits per heavy atom. The summed E-state index contributed by atoms with van der Waals surface area (Å²) < 4.78 is 0. The second-order valence-corrected chi connectivity index (χ2v) is 1.77. The summed E-state index contributed by atoms with van der Waals surface area (Å²) in [5, 5.41) is 19.2. The van der Waals surface area contributed by atoms with Gasteiger partial charge in [-0.2, -0.15) is 0 Å². The zero-order chi connectivity index (χ0) is 7.28. The van der Waals surface area contributed by atoms with E-state index in [1.165, 1.54) is 6.92 Å². The van der Waals surface area contributed by atoms with Crippen LogP contribution in [0.5, 0.6) is 0 Å². The maximum atomic E-state index is 10.2. The second kappa shape index (κ2) is 4.29. The lowest BCUT2D eigenvalue weighted by Crippen LogP contribution is -2.32. The van der Waals surface area contributed by atoms with Gasteiger partial charge in [-0.1, -0.05) is 0 Å². The number of aliphatic hydroxyl groups is 2. The largest absolute Gasteiger partial charge is 0.394 e. The third kappa shape index (κ3) is 5.26. The SMILES string of the molecule is CC(=O)NC[C@@H](O)CO. The number of aliphatic hydroxyl groups excluding tert-OH is 2. The zero-order valence-electron chi connectivity index (χ0n) is 5.29. The lowest BCUT2D eigenvalue weighted by molar-refractivity contribution is -0.119. The molecule has 9 heavy (non-hydrogen) atoms. The van der Waals surface area contributed by atoms with E-state index in [9.17, 15) is 4.79 Å². The highest BCUT2D eigenvalue weighted by Crippen LogP contribution is 1.75. The Balaban J connectivity index is 3.16. The van der Waals surface area contributed by atoms with Crippen LogP contribution in [0.4, 0.5) is 0 Å². The lowest BCUT2D eigenvalue weighted by atomic mass is 10.4. The molecule has 0 aromatic heterocycles. The number of hydrogen-bond acceptors (Lipinski definition) is 3. The predicted molar refractivity (Wildman–Crippen MR) is 31.8 cm³/mol. The molecule has 0 saturated heterocycles. The van der Waals surface area contributed by atoms with Gasteiger partial charge in [-0.3, -0.25) is 4.79 Å². The maximum Gasteiger partial charge on any atom is 0.216 e. The second-order valence-electron chi connectivity index (χ2n) is 1.77. The number of nitrogens with one attached hydrogen (secondary N) is 1. The third-order valence-corrected chi connectivity index (χ3v) is 0.797. The smallest absolute Gasteiger partial charge is 0.216 e. The number of carbonyl (C=O) groups excluding carboxylic acids is 1. The Bertz CT molecular complexity index is 94.2. The van der Waals surface area contributed by atoms with Crippen LogP contribution in [0.15, 0.2) is 0 Å². The highest BCUT2D eigenvalue weighted by Gasteiger charge is 2.00. The van der Waals surface area contributed by atoms with Crippen LogP contribution in [0.2, 0.25) is 0 Å². The van der Waals surface area contributed by atoms with E-state index in [2.05, 4.69) is 5.32 Å². The third-order valence-electron chi connectivity index (χ3n) is 0.797. The molecule has 0 unspecified atom stereocenters. The molecule has 0 aromatic carbocycles. The van der Waals surface area contributed by atoms with Crippen molar-refractivity contribution >= 4 is 5.91 Å². The minimum absolute atomic E-state index is 0.117. The van der Waals surface area contributed by atoms with E-state index in [0.717, 1.165) is 0 Å². The molecule has 0 aliphatic heterocycles. The van der Waals surface area contributed by atoms with Crippen molar-refractivity contribution in [2.45, 2.75) is 13.0 Å². The van der Waals surface area contributed by atoms with Gasteiger partial charge in [0.2, 0.25) is 5.91 Å². The number of hydrogen-bond donors (Lipinski definition) is 3. The van der Waals surface area contributed by atoms with E-state index in [1.54, 1.807) is 0 Å². The Morgan fingerprint density at radius 3 is 2.67 bits per heavy atom. The van der Waals surface area contributed by atoms with Gasteiger partial charge in [-0.15, -0.1) is 0 Å². The fourth-order valence-corrected chi connectivity index (χ4v) is 0.326. The fraction of sp³-hybridized carbons (Fsp3) is 0.800. The molecule has 0 aromatic rings. The lowest BCUT2D eigenvalue weighted by Gasteiger charge is -2.05. The van der Waals surface area contributed by atoms with Crippen molar-refractivity contribution in [3.63, 3.8) is 0 Å². The summed E-state index contributed by atoms with van der Waals surface area (Å²) in [4.78, 5) is 10.2. The molecule has 0 radical (unpaired) electrons. The van der Waals surface area contributed by atoms with E-state index >= 15 is 0 Å². The van der Waals surface area contributed by atoms with Crippen molar-refractivity contribution in [2.75, 3.05) is 13.2 Å². The Kier molecular flexibility index (Phi) is 4.00. The molecular weight excluding hydrogens is 122 g/mol. The molecular formula is C5H11NO3. The van der Waals surface area contributed by atoms with Crippen LogP contribution < -0.4 is 5.32 Å². The van der Waals surface area contributed by atoms with Crippen LogP contribution >= 0.6 is 0 Å². The van der Waals surface area contributed by atoms with Gasteiger partial charge in [0.25, 0.3) is 0 Å². The summed E-state index contributed by atoms with van der Waals surface area (Å²) in [5.74, 6) is -0.206. The standard InChI is InChI=1S/C5H11NO3/c1-4(8)6-2-5(9)3-7/h5,7,9H,2-3H2,1H3,(H,6,8)/t5-/m1/s1. The molecule has 1 amide bonds. The molecule has 4 heteroatoms. The van der Waals surface area contributed by atoms with E-state index < -0.39 is 6.10 Å². The predicted octanol–water partition coefficient (Wildman–Crippen LogP) is -1.52. The van der Waals surface area contributed by atoms with Crippen LogP contribution in [-0.2, 0) is 4.79 Å². The van der Waals surface area contributed by atoms with Crippen LogP contribution in [-0.4, -0.2) is 35.4 Å². The van der Waals surface area contributed by atoms with Gasteiger partial charge in [0, 0.05) is 13.5 Å². The van der Waals surface area contributed by atoms with Crippen molar-refractivity contribution in [1.82, 2.24) is 5.32 Å². The van der Waals surface area contributed by atoms with Gasteiger partial charge in [0.15, 0.2) is 0 Å². The molecule has 0 bridgehead atoms. The molecule has 0 heterocycles. The summed E-state index contributed by atoms with van der Waals surface area (Å²) in [5.41, 5.74) is 0. The normalized spacial score (nSPS) is 12.8. The minimum Gasteiger partial charge on any atom is -0.394 e. The van der Waals surface area contributed by atoms with Crippen LogP contribution in [0, 0.1) is 0 Å². The minimum atomic E-state index is -0.839. The number of carbonyl (C=O) groups is 1. The summed E-state index contributed by atoms with van der Waals surface area (Å²) >= 11 is 0. The van der Waals surface area contributed by atoms with Gasteiger partial charge >= 0.3 is 0 Å². The zero-order valence-corrected chi connectivity index (χ0v) is 5.29. The van der Waals surface area contributed by atoms with Gasteiger partial charge < -0.3 is 15.5 Å². The average molecular weight is 133 g/mol.